The first kappa shape index (κ1) is 24.4. The minimum Gasteiger partial charge on any atom is -0.422 e. The van der Waals surface area contributed by atoms with Crippen LogP contribution in [-0.4, -0.2) is 24.0 Å². The van der Waals surface area contributed by atoms with Gasteiger partial charge in [0.1, 0.15) is 5.75 Å². The number of anilines is 1. The summed E-state index contributed by atoms with van der Waals surface area (Å²) in [7, 11) is 0. The largest absolute Gasteiger partial charge is 0.422 e. The van der Waals surface area contributed by atoms with Crippen LogP contribution in [0.25, 0.3) is 21.5 Å². The molecule has 186 valence electrons. The average molecular weight is 502 g/mol. The van der Waals surface area contributed by atoms with Crippen molar-refractivity contribution in [1.29, 1.82) is 0 Å². The van der Waals surface area contributed by atoms with Crippen LogP contribution < -0.4 is 15.5 Å². The van der Waals surface area contributed by atoms with E-state index in [9.17, 15) is 14.4 Å². The van der Waals surface area contributed by atoms with Gasteiger partial charge in [-0.1, -0.05) is 84.4 Å². The van der Waals surface area contributed by atoms with Gasteiger partial charge in [-0.3, -0.25) is 9.59 Å². The summed E-state index contributed by atoms with van der Waals surface area (Å²) in [6.45, 7) is 1.89. The van der Waals surface area contributed by atoms with E-state index in [1.54, 1.807) is 36.4 Å². The monoisotopic (exact) mass is 501 g/mol. The Hall–Kier alpha value is -5.30. The maximum absolute atomic E-state index is 12.8. The van der Waals surface area contributed by atoms with Gasteiger partial charge in [0.05, 0.1) is 11.8 Å². The smallest absolute Gasteiger partial charge is 0.343 e. The molecule has 0 aromatic heterocycles. The molecule has 0 aliphatic heterocycles. The van der Waals surface area contributed by atoms with Gasteiger partial charge >= 0.3 is 17.8 Å². The molecule has 5 aromatic rings. The highest BCUT2D eigenvalue weighted by Gasteiger charge is 2.16. The van der Waals surface area contributed by atoms with Crippen molar-refractivity contribution in [3.05, 3.63) is 120 Å². The Morgan fingerprint density at radius 2 is 1.42 bits per heavy atom. The molecular formula is C31H23N3O4. The van der Waals surface area contributed by atoms with Crippen LogP contribution in [0.1, 0.15) is 21.5 Å². The molecule has 0 saturated heterocycles. The lowest BCUT2D eigenvalue weighted by Crippen LogP contribution is -2.32. The molecule has 0 radical (unpaired) electrons. The molecule has 0 aliphatic carbocycles. The minimum atomic E-state index is -0.937. The topological polar surface area (TPSA) is 96.9 Å². The van der Waals surface area contributed by atoms with Gasteiger partial charge in [0.15, 0.2) is 0 Å². The molecule has 7 nitrogen and oxygen atoms in total. The van der Waals surface area contributed by atoms with Crippen molar-refractivity contribution < 1.29 is 19.1 Å². The van der Waals surface area contributed by atoms with Gasteiger partial charge in [0, 0.05) is 16.6 Å². The lowest BCUT2D eigenvalue weighted by Gasteiger charge is -2.11. The molecule has 0 unspecified atom stereocenters. The van der Waals surface area contributed by atoms with Gasteiger partial charge in [-0.25, -0.2) is 10.2 Å². The van der Waals surface area contributed by atoms with Crippen molar-refractivity contribution in [2.45, 2.75) is 6.92 Å². The molecule has 2 N–H and O–H groups in total. The highest BCUT2D eigenvalue weighted by Crippen LogP contribution is 2.28. The quantitative estimate of drug-likeness (QED) is 0.108. The number of aryl methyl sites for hydroxylation is 1. The molecule has 2 amide bonds. The van der Waals surface area contributed by atoms with E-state index in [0.717, 1.165) is 27.1 Å². The molecule has 0 spiro atoms. The number of amides is 2. The van der Waals surface area contributed by atoms with Crippen molar-refractivity contribution in [2.75, 3.05) is 5.32 Å². The van der Waals surface area contributed by atoms with Crippen LogP contribution in [0.5, 0.6) is 5.75 Å². The van der Waals surface area contributed by atoms with E-state index in [1.807, 2.05) is 73.7 Å². The average Bonchev–Trinajstić information content (AvgIpc) is 2.94. The van der Waals surface area contributed by atoms with Crippen molar-refractivity contribution in [1.82, 2.24) is 5.43 Å². The number of nitrogens with one attached hydrogen (secondary N) is 2. The van der Waals surface area contributed by atoms with Crippen molar-refractivity contribution in [3.63, 3.8) is 0 Å². The Labute approximate surface area is 218 Å². The molecule has 5 rings (SSSR count). The molecule has 0 fully saturated rings. The summed E-state index contributed by atoms with van der Waals surface area (Å²) >= 11 is 0. The number of hydrazone groups is 1. The van der Waals surface area contributed by atoms with Crippen LogP contribution in [0.4, 0.5) is 5.69 Å². The molecule has 0 saturated carbocycles. The number of benzene rings is 5. The van der Waals surface area contributed by atoms with Gasteiger partial charge in [-0.05, 0) is 47.3 Å². The summed E-state index contributed by atoms with van der Waals surface area (Å²) in [6.07, 6.45) is 1.37. The highest BCUT2D eigenvalue weighted by atomic mass is 16.5. The number of nitrogens with zero attached hydrogens (tertiary/aromatic N) is 1. The van der Waals surface area contributed by atoms with Crippen LogP contribution in [0, 0.1) is 6.92 Å². The third kappa shape index (κ3) is 5.27. The first-order valence-corrected chi connectivity index (χ1v) is 11.9. The van der Waals surface area contributed by atoms with Crippen LogP contribution in [0.3, 0.4) is 0 Å². The maximum Gasteiger partial charge on any atom is 0.343 e. The second-order valence-electron chi connectivity index (χ2n) is 8.64. The Morgan fingerprint density at radius 3 is 2.21 bits per heavy atom. The molecule has 0 heterocycles. The second kappa shape index (κ2) is 10.8. The van der Waals surface area contributed by atoms with Crippen LogP contribution in [0.2, 0.25) is 0 Å². The SMILES string of the molecule is Cc1cccc(C(=O)Oc2ccc3ccccc3c2/C=N/NC(=O)C(=O)Nc2cccc3ccccc23)c1. The molecule has 5 aromatic carbocycles. The summed E-state index contributed by atoms with van der Waals surface area (Å²) in [5.74, 6) is -2.04. The summed E-state index contributed by atoms with van der Waals surface area (Å²) in [6, 6.07) is 31.1. The van der Waals surface area contributed by atoms with Gasteiger partial charge in [-0.2, -0.15) is 5.10 Å². The summed E-state index contributed by atoms with van der Waals surface area (Å²) in [5, 5.41) is 10.0. The molecule has 0 bridgehead atoms. The maximum atomic E-state index is 12.8. The van der Waals surface area contributed by atoms with E-state index >= 15 is 0 Å². The Balaban J connectivity index is 1.36. The molecule has 0 atom stereocenters. The lowest BCUT2D eigenvalue weighted by molar-refractivity contribution is -0.136. The first-order valence-electron chi connectivity index (χ1n) is 11.9. The normalized spacial score (nSPS) is 11.0. The fourth-order valence-corrected chi connectivity index (χ4v) is 4.15. The molecular weight excluding hydrogens is 478 g/mol. The van der Waals surface area contributed by atoms with Gasteiger partial charge in [0.25, 0.3) is 0 Å². The van der Waals surface area contributed by atoms with Crippen molar-refractivity contribution in [3.8, 4) is 5.75 Å². The minimum absolute atomic E-state index is 0.272. The number of hydrogen-bond acceptors (Lipinski definition) is 5. The lowest BCUT2D eigenvalue weighted by atomic mass is 10.0. The Morgan fingerprint density at radius 1 is 0.737 bits per heavy atom. The zero-order chi connectivity index (χ0) is 26.5. The van der Waals surface area contributed by atoms with Crippen molar-refractivity contribution >= 4 is 51.2 Å². The van der Waals surface area contributed by atoms with Crippen LogP contribution in [-0.2, 0) is 9.59 Å². The third-order valence-electron chi connectivity index (χ3n) is 5.99. The van der Waals surface area contributed by atoms with Crippen molar-refractivity contribution in [2.24, 2.45) is 5.10 Å². The number of fused-ring (bicyclic) bond motifs is 2. The Kier molecular flexibility index (Phi) is 6.91. The Bertz CT molecular complexity index is 1720. The van der Waals surface area contributed by atoms with Gasteiger partial charge in [0.2, 0.25) is 0 Å². The summed E-state index contributed by atoms with van der Waals surface area (Å²) in [5.41, 5.74) is 4.62. The summed E-state index contributed by atoms with van der Waals surface area (Å²) in [4.78, 5) is 37.8. The van der Waals surface area contributed by atoms with E-state index in [4.69, 9.17) is 4.74 Å². The van der Waals surface area contributed by atoms with E-state index < -0.39 is 17.8 Å². The van der Waals surface area contributed by atoms with Crippen LogP contribution in [0.15, 0.2) is 108 Å². The zero-order valence-corrected chi connectivity index (χ0v) is 20.5. The number of ether oxygens (including phenoxy) is 1. The molecule has 0 aliphatic rings. The number of carbonyl (C=O) groups excluding carboxylic acids is 3. The summed E-state index contributed by atoms with van der Waals surface area (Å²) < 4.78 is 5.70. The highest BCUT2D eigenvalue weighted by molar-refractivity contribution is 6.40. The van der Waals surface area contributed by atoms with Gasteiger partial charge in [-0.15, -0.1) is 0 Å². The zero-order valence-electron chi connectivity index (χ0n) is 20.5. The van der Waals surface area contributed by atoms with Crippen LogP contribution >= 0.6 is 0 Å². The molecule has 38 heavy (non-hydrogen) atoms. The number of esters is 1. The second-order valence-corrected chi connectivity index (χ2v) is 8.64. The van der Waals surface area contributed by atoms with E-state index in [1.165, 1.54) is 6.21 Å². The number of carbonyl (C=O) groups is 3. The van der Waals surface area contributed by atoms with Gasteiger partial charge < -0.3 is 10.1 Å². The first-order chi connectivity index (χ1) is 18.5. The predicted octanol–water partition coefficient (Wildman–Crippen LogP) is 5.61. The standard InChI is InChI=1S/C31H23N3O4/c1-20-8-6-12-23(18-20)31(37)38-28-17-16-22-10-2-4-13-24(22)26(28)19-32-34-30(36)29(35)33-27-15-7-11-21-9-3-5-14-25(21)27/h2-19H,1H3,(H,33,35)(H,34,36)/b32-19+. The fourth-order valence-electron chi connectivity index (χ4n) is 4.15. The number of hydrogen-bond donors (Lipinski definition) is 2. The predicted molar refractivity (Wildman–Crippen MR) is 148 cm³/mol. The van der Waals surface area contributed by atoms with E-state index in [-0.39, 0.29) is 5.75 Å². The van der Waals surface area contributed by atoms with E-state index in [0.29, 0.717) is 16.8 Å². The number of rotatable bonds is 5. The van der Waals surface area contributed by atoms with E-state index in [2.05, 4.69) is 15.8 Å². The molecule has 7 heteroatoms. The third-order valence-corrected chi connectivity index (χ3v) is 5.99. The fraction of sp³-hybridized carbons (Fsp3) is 0.0323.